The van der Waals surface area contributed by atoms with Crippen molar-refractivity contribution in [1.82, 2.24) is 0 Å². The molecule has 0 aromatic heterocycles. The molecule has 0 radical (unpaired) electrons. The van der Waals surface area contributed by atoms with E-state index >= 15 is 0 Å². The van der Waals surface area contributed by atoms with Crippen LogP contribution in [0.3, 0.4) is 0 Å². The van der Waals surface area contributed by atoms with Crippen LogP contribution in [0.2, 0.25) is 5.02 Å². The van der Waals surface area contributed by atoms with E-state index in [9.17, 15) is 14.0 Å². The van der Waals surface area contributed by atoms with Crippen molar-refractivity contribution in [3.8, 4) is 11.5 Å². The molecule has 1 heterocycles. The second-order valence-corrected chi connectivity index (χ2v) is 7.52. The largest absolute Gasteiger partial charge is 0.493 e. The molecule has 1 aliphatic rings. The van der Waals surface area contributed by atoms with Gasteiger partial charge in [-0.15, -0.1) is 0 Å². The Balaban J connectivity index is 1.46. The van der Waals surface area contributed by atoms with Gasteiger partial charge in [-0.3, -0.25) is 9.59 Å². The average Bonchev–Trinajstić information content (AvgIpc) is 2.78. The van der Waals surface area contributed by atoms with Gasteiger partial charge in [-0.2, -0.15) is 0 Å². The standard InChI is InChI=1S/C24H20ClFN2O4/c25-19-7-4-8-20(26)18(19)14-28-21-13-16(9-10-22(21)32-15-24(28)30)27-23(29)11-12-31-17-5-2-1-3-6-17/h1-10,13H,11-12,14-15H2,(H,27,29). The molecule has 0 saturated heterocycles. The second-order valence-electron chi connectivity index (χ2n) is 7.11. The number of ether oxygens (including phenoxy) is 2. The smallest absolute Gasteiger partial charge is 0.265 e. The lowest BCUT2D eigenvalue weighted by Crippen LogP contribution is -2.38. The number of hydrogen-bond donors (Lipinski definition) is 1. The predicted octanol–water partition coefficient (Wildman–Crippen LogP) is 4.81. The van der Waals surface area contributed by atoms with Crippen molar-refractivity contribution in [2.75, 3.05) is 23.4 Å². The molecular formula is C24H20ClFN2O4. The monoisotopic (exact) mass is 454 g/mol. The molecular weight excluding hydrogens is 435 g/mol. The van der Waals surface area contributed by atoms with Gasteiger partial charge in [-0.05, 0) is 42.5 Å². The summed E-state index contributed by atoms with van der Waals surface area (Å²) in [6, 6.07) is 18.5. The lowest BCUT2D eigenvalue weighted by Gasteiger charge is -2.30. The molecule has 164 valence electrons. The number of benzene rings is 3. The third-order valence-corrected chi connectivity index (χ3v) is 5.26. The molecule has 4 rings (SSSR count). The molecule has 0 bridgehead atoms. The highest BCUT2D eigenvalue weighted by Gasteiger charge is 2.27. The molecule has 8 heteroatoms. The van der Waals surface area contributed by atoms with E-state index in [0.717, 1.165) is 0 Å². The van der Waals surface area contributed by atoms with Gasteiger partial charge in [0.1, 0.15) is 17.3 Å². The number of para-hydroxylation sites is 1. The number of nitrogens with zero attached hydrogens (tertiary/aromatic N) is 1. The van der Waals surface area contributed by atoms with Crippen molar-refractivity contribution in [3.63, 3.8) is 0 Å². The maximum absolute atomic E-state index is 14.3. The molecule has 6 nitrogen and oxygen atoms in total. The third kappa shape index (κ3) is 5.00. The zero-order valence-corrected chi connectivity index (χ0v) is 17.8. The molecule has 0 aliphatic carbocycles. The summed E-state index contributed by atoms with van der Waals surface area (Å²) in [5.41, 5.74) is 1.12. The Hall–Kier alpha value is -3.58. The molecule has 0 fully saturated rings. The molecule has 2 amide bonds. The average molecular weight is 455 g/mol. The van der Waals surface area contributed by atoms with Gasteiger partial charge in [0.05, 0.1) is 25.3 Å². The summed E-state index contributed by atoms with van der Waals surface area (Å²) in [6.07, 6.45) is 0.149. The number of hydrogen-bond acceptors (Lipinski definition) is 4. The van der Waals surface area contributed by atoms with Gasteiger partial charge in [-0.1, -0.05) is 35.9 Å². The van der Waals surface area contributed by atoms with Crippen LogP contribution in [0, 0.1) is 5.82 Å². The highest BCUT2D eigenvalue weighted by molar-refractivity contribution is 6.31. The van der Waals surface area contributed by atoms with Crippen LogP contribution in [0.25, 0.3) is 0 Å². The van der Waals surface area contributed by atoms with Crippen molar-refractivity contribution >= 4 is 34.8 Å². The second kappa shape index (κ2) is 9.70. The molecule has 0 saturated carbocycles. The third-order valence-electron chi connectivity index (χ3n) is 4.90. The normalized spacial score (nSPS) is 12.7. The highest BCUT2D eigenvalue weighted by atomic mass is 35.5. The van der Waals surface area contributed by atoms with Crippen LogP contribution >= 0.6 is 11.6 Å². The lowest BCUT2D eigenvalue weighted by molar-refractivity contribution is -0.121. The summed E-state index contributed by atoms with van der Waals surface area (Å²) in [4.78, 5) is 26.3. The Morgan fingerprint density at radius 3 is 2.72 bits per heavy atom. The van der Waals surface area contributed by atoms with Crippen molar-refractivity contribution < 1.29 is 23.5 Å². The van der Waals surface area contributed by atoms with Crippen molar-refractivity contribution in [3.05, 3.63) is 83.1 Å². The fraction of sp³-hybridized carbons (Fsp3) is 0.167. The van der Waals surface area contributed by atoms with E-state index in [2.05, 4.69) is 5.32 Å². The van der Waals surface area contributed by atoms with Crippen molar-refractivity contribution in [2.45, 2.75) is 13.0 Å². The number of fused-ring (bicyclic) bond motifs is 1. The van der Waals surface area contributed by atoms with Crippen LogP contribution in [0.1, 0.15) is 12.0 Å². The summed E-state index contributed by atoms with van der Waals surface area (Å²) >= 11 is 6.14. The quantitative estimate of drug-likeness (QED) is 0.556. The van der Waals surface area contributed by atoms with Crippen molar-refractivity contribution in [1.29, 1.82) is 0 Å². The van der Waals surface area contributed by atoms with Gasteiger partial charge in [-0.25, -0.2) is 4.39 Å². The topological polar surface area (TPSA) is 67.9 Å². The molecule has 1 N–H and O–H groups in total. The Labute approximate surface area is 189 Å². The summed E-state index contributed by atoms with van der Waals surface area (Å²) < 4.78 is 25.3. The van der Waals surface area contributed by atoms with Crippen molar-refractivity contribution in [2.24, 2.45) is 0 Å². The summed E-state index contributed by atoms with van der Waals surface area (Å²) in [5, 5.41) is 3.02. The number of carbonyl (C=O) groups is 2. The van der Waals surface area contributed by atoms with Gasteiger partial charge >= 0.3 is 0 Å². The first-order valence-electron chi connectivity index (χ1n) is 9.99. The van der Waals surface area contributed by atoms with E-state index in [0.29, 0.717) is 22.9 Å². The minimum absolute atomic E-state index is 0.0526. The maximum atomic E-state index is 14.3. The van der Waals surface area contributed by atoms with Crippen LogP contribution in [-0.4, -0.2) is 25.0 Å². The molecule has 0 unspecified atom stereocenters. The number of anilines is 2. The van der Waals surface area contributed by atoms with Crippen LogP contribution < -0.4 is 19.7 Å². The predicted molar refractivity (Wildman–Crippen MR) is 120 cm³/mol. The first kappa shape index (κ1) is 21.6. The molecule has 3 aromatic rings. The SMILES string of the molecule is O=C(CCOc1ccccc1)Nc1ccc2c(c1)N(Cc1c(F)cccc1Cl)C(=O)CO2. The Kier molecular flexibility index (Phi) is 6.56. The van der Waals surface area contributed by atoms with E-state index in [1.165, 1.54) is 17.0 Å². The first-order chi connectivity index (χ1) is 15.5. The minimum Gasteiger partial charge on any atom is -0.493 e. The molecule has 0 atom stereocenters. The van der Waals surface area contributed by atoms with E-state index in [-0.39, 0.29) is 48.6 Å². The van der Waals surface area contributed by atoms with Crippen LogP contribution in [0.5, 0.6) is 11.5 Å². The number of carbonyl (C=O) groups excluding carboxylic acids is 2. The van der Waals surface area contributed by atoms with E-state index < -0.39 is 5.82 Å². The number of nitrogens with one attached hydrogen (secondary N) is 1. The van der Waals surface area contributed by atoms with Gasteiger partial charge in [0.25, 0.3) is 5.91 Å². The van der Waals surface area contributed by atoms with E-state index in [1.54, 1.807) is 24.3 Å². The zero-order valence-electron chi connectivity index (χ0n) is 17.0. The van der Waals surface area contributed by atoms with Crippen LogP contribution in [0.15, 0.2) is 66.7 Å². The van der Waals surface area contributed by atoms with E-state index in [1.807, 2.05) is 30.3 Å². The molecule has 3 aromatic carbocycles. The summed E-state index contributed by atoms with van der Waals surface area (Å²) in [6.45, 7) is 0.00487. The Bertz CT molecular complexity index is 1120. The first-order valence-corrected chi connectivity index (χ1v) is 10.4. The highest BCUT2D eigenvalue weighted by Crippen LogP contribution is 2.36. The maximum Gasteiger partial charge on any atom is 0.265 e. The van der Waals surface area contributed by atoms with Crippen LogP contribution in [0.4, 0.5) is 15.8 Å². The van der Waals surface area contributed by atoms with Crippen LogP contribution in [-0.2, 0) is 16.1 Å². The van der Waals surface area contributed by atoms with Gasteiger partial charge in [0.2, 0.25) is 5.91 Å². The Morgan fingerprint density at radius 1 is 1.12 bits per heavy atom. The molecule has 0 spiro atoms. The lowest BCUT2D eigenvalue weighted by atomic mass is 10.1. The Morgan fingerprint density at radius 2 is 1.94 bits per heavy atom. The van der Waals surface area contributed by atoms with Gasteiger partial charge in [0, 0.05) is 16.3 Å². The summed E-state index contributed by atoms with van der Waals surface area (Å²) in [5.74, 6) is 0.0695. The minimum atomic E-state index is -0.499. The van der Waals surface area contributed by atoms with Gasteiger partial charge in [0.15, 0.2) is 6.61 Å². The fourth-order valence-electron chi connectivity index (χ4n) is 3.30. The van der Waals surface area contributed by atoms with Gasteiger partial charge < -0.3 is 19.7 Å². The van der Waals surface area contributed by atoms with E-state index in [4.69, 9.17) is 21.1 Å². The zero-order chi connectivity index (χ0) is 22.5. The number of rotatable bonds is 7. The molecule has 32 heavy (non-hydrogen) atoms. The fourth-order valence-corrected chi connectivity index (χ4v) is 3.52. The molecule has 1 aliphatic heterocycles. The number of halogens is 2. The summed E-state index contributed by atoms with van der Waals surface area (Å²) in [7, 11) is 0. The number of amides is 2.